The predicted octanol–water partition coefficient (Wildman–Crippen LogP) is 0.552. The first-order valence-corrected chi connectivity index (χ1v) is 5.37. The van der Waals surface area contributed by atoms with Crippen LogP contribution in [0.1, 0.15) is 35.1 Å². The summed E-state index contributed by atoms with van der Waals surface area (Å²) >= 11 is 0. The van der Waals surface area contributed by atoms with Gasteiger partial charge in [-0.05, 0) is 19.4 Å². The molecule has 0 saturated carbocycles. The number of nitrogens with one attached hydrogen (secondary N) is 1. The Hall–Kier alpha value is -1.98. The molecule has 0 unspecified atom stereocenters. The van der Waals surface area contributed by atoms with E-state index in [0.29, 0.717) is 23.4 Å². The summed E-state index contributed by atoms with van der Waals surface area (Å²) in [6, 6.07) is 1.65. The first-order chi connectivity index (χ1) is 8.04. The lowest BCUT2D eigenvalue weighted by atomic mass is 10.1. The van der Waals surface area contributed by atoms with Gasteiger partial charge < -0.3 is 10.4 Å². The molecule has 0 radical (unpaired) electrons. The largest absolute Gasteiger partial charge is 0.481 e. The normalized spacial score (nSPS) is 10.0. The van der Waals surface area contributed by atoms with Crippen LogP contribution in [0.25, 0.3) is 0 Å². The molecule has 0 bridgehead atoms. The van der Waals surface area contributed by atoms with E-state index >= 15 is 0 Å². The third-order valence-electron chi connectivity index (χ3n) is 2.20. The summed E-state index contributed by atoms with van der Waals surface area (Å²) in [4.78, 5) is 22.1. The molecule has 0 aliphatic rings. The van der Waals surface area contributed by atoms with Gasteiger partial charge in [0, 0.05) is 6.54 Å². The quantitative estimate of drug-likeness (QED) is 0.780. The van der Waals surface area contributed by atoms with Gasteiger partial charge in [-0.3, -0.25) is 9.59 Å². The van der Waals surface area contributed by atoms with Crippen LogP contribution in [0.15, 0.2) is 6.07 Å². The molecule has 0 aromatic carbocycles. The average Bonchev–Trinajstić information content (AvgIpc) is 2.28. The molecule has 1 amide bonds. The molecule has 2 N–H and O–H groups in total. The van der Waals surface area contributed by atoms with Crippen molar-refractivity contribution in [3.63, 3.8) is 0 Å². The molecule has 6 nitrogen and oxygen atoms in total. The Bertz CT molecular complexity index is 432. The maximum Gasteiger partial charge on any atom is 0.305 e. The van der Waals surface area contributed by atoms with Gasteiger partial charge in [0.2, 0.25) is 0 Å². The summed E-state index contributed by atoms with van der Waals surface area (Å²) < 4.78 is 0. The molecular formula is C11H15N3O3. The number of carbonyl (C=O) groups is 2. The number of carboxylic acid groups (broad SMARTS) is 1. The van der Waals surface area contributed by atoms with Crippen LogP contribution in [0.3, 0.4) is 0 Å². The van der Waals surface area contributed by atoms with Crippen molar-refractivity contribution in [3.8, 4) is 0 Å². The fraction of sp³-hybridized carbons (Fsp3) is 0.455. The molecule has 1 aromatic rings. The first-order valence-electron chi connectivity index (χ1n) is 5.37. The number of aliphatic carboxylic acids is 1. The van der Waals surface area contributed by atoms with Gasteiger partial charge >= 0.3 is 5.97 Å². The zero-order chi connectivity index (χ0) is 12.8. The Morgan fingerprint density at radius 1 is 1.41 bits per heavy atom. The van der Waals surface area contributed by atoms with Crippen molar-refractivity contribution in [2.24, 2.45) is 0 Å². The van der Waals surface area contributed by atoms with Crippen LogP contribution < -0.4 is 5.32 Å². The zero-order valence-electron chi connectivity index (χ0n) is 9.86. The van der Waals surface area contributed by atoms with Gasteiger partial charge in [0.05, 0.1) is 23.4 Å². The van der Waals surface area contributed by atoms with E-state index in [1.54, 1.807) is 13.0 Å². The maximum atomic E-state index is 11.8. The van der Waals surface area contributed by atoms with E-state index in [1.807, 2.05) is 6.92 Å². The van der Waals surface area contributed by atoms with E-state index in [0.717, 1.165) is 0 Å². The number of carbonyl (C=O) groups excluding carboxylic acids is 1. The Kier molecular flexibility index (Phi) is 4.56. The van der Waals surface area contributed by atoms with Crippen LogP contribution >= 0.6 is 0 Å². The van der Waals surface area contributed by atoms with Gasteiger partial charge in [-0.1, -0.05) is 6.92 Å². The number of nitrogens with zero attached hydrogens (tertiary/aromatic N) is 2. The molecule has 1 aromatic heterocycles. The Labute approximate surface area is 99.1 Å². The first kappa shape index (κ1) is 13.1. The second-order valence-electron chi connectivity index (χ2n) is 3.60. The molecule has 17 heavy (non-hydrogen) atoms. The fourth-order valence-electron chi connectivity index (χ4n) is 1.35. The van der Waals surface area contributed by atoms with E-state index in [4.69, 9.17) is 5.11 Å². The summed E-state index contributed by atoms with van der Waals surface area (Å²) in [7, 11) is 0. The van der Waals surface area contributed by atoms with E-state index in [2.05, 4.69) is 15.5 Å². The van der Waals surface area contributed by atoms with Gasteiger partial charge in [0.1, 0.15) is 0 Å². The van der Waals surface area contributed by atoms with Crippen molar-refractivity contribution in [2.45, 2.75) is 26.7 Å². The predicted molar refractivity (Wildman–Crippen MR) is 60.7 cm³/mol. The standard InChI is InChI=1S/C11H15N3O3/c1-3-9-8(6-7(2)13-14-9)11(17)12-5-4-10(15)16/h6H,3-5H2,1-2H3,(H,12,17)(H,15,16). The maximum absolute atomic E-state index is 11.8. The number of hydrogen-bond donors (Lipinski definition) is 2. The summed E-state index contributed by atoms with van der Waals surface area (Å²) in [5, 5.41) is 18.8. The van der Waals surface area contributed by atoms with Gasteiger partial charge in [-0.2, -0.15) is 10.2 Å². The van der Waals surface area contributed by atoms with Gasteiger partial charge in [0.15, 0.2) is 0 Å². The monoisotopic (exact) mass is 237 g/mol. The molecule has 1 heterocycles. The number of amides is 1. The number of rotatable bonds is 5. The van der Waals surface area contributed by atoms with E-state index in [9.17, 15) is 9.59 Å². The van der Waals surface area contributed by atoms with Crippen molar-refractivity contribution in [1.82, 2.24) is 15.5 Å². The lowest BCUT2D eigenvalue weighted by Gasteiger charge is -2.07. The van der Waals surface area contributed by atoms with Gasteiger partial charge in [-0.25, -0.2) is 0 Å². The van der Waals surface area contributed by atoms with E-state index in [-0.39, 0.29) is 18.9 Å². The molecule has 0 fully saturated rings. The second kappa shape index (κ2) is 5.93. The number of hydrogen-bond acceptors (Lipinski definition) is 4. The Morgan fingerprint density at radius 3 is 2.71 bits per heavy atom. The SMILES string of the molecule is CCc1nnc(C)cc1C(=O)NCCC(=O)O. The molecule has 0 saturated heterocycles. The van der Waals surface area contributed by atoms with Crippen LogP contribution in [-0.2, 0) is 11.2 Å². The summed E-state index contributed by atoms with van der Waals surface area (Å²) in [6.07, 6.45) is 0.514. The zero-order valence-corrected chi connectivity index (χ0v) is 9.86. The molecular weight excluding hydrogens is 222 g/mol. The van der Waals surface area contributed by atoms with Crippen LogP contribution in [0, 0.1) is 6.92 Å². The summed E-state index contributed by atoms with van der Waals surface area (Å²) in [5.41, 5.74) is 1.74. The minimum Gasteiger partial charge on any atom is -0.481 e. The highest BCUT2D eigenvalue weighted by Gasteiger charge is 2.12. The van der Waals surface area contributed by atoms with Gasteiger partial charge in [-0.15, -0.1) is 0 Å². The molecule has 0 spiro atoms. The molecule has 6 heteroatoms. The summed E-state index contributed by atoms with van der Waals surface area (Å²) in [5.74, 6) is -1.24. The molecule has 0 atom stereocenters. The van der Waals surface area contributed by atoms with E-state index < -0.39 is 5.97 Å². The Morgan fingerprint density at radius 2 is 2.12 bits per heavy atom. The molecule has 0 aliphatic carbocycles. The molecule has 92 valence electrons. The minimum absolute atomic E-state index is 0.0926. The molecule has 1 rings (SSSR count). The number of aromatic nitrogens is 2. The fourth-order valence-corrected chi connectivity index (χ4v) is 1.35. The lowest BCUT2D eigenvalue weighted by molar-refractivity contribution is -0.136. The Balaban J connectivity index is 2.73. The number of aryl methyl sites for hydroxylation is 2. The highest BCUT2D eigenvalue weighted by molar-refractivity contribution is 5.95. The van der Waals surface area contributed by atoms with Crippen LogP contribution in [0.4, 0.5) is 0 Å². The van der Waals surface area contributed by atoms with Crippen LogP contribution in [-0.4, -0.2) is 33.7 Å². The van der Waals surface area contributed by atoms with Gasteiger partial charge in [0.25, 0.3) is 5.91 Å². The van der Waals surface area contributed by atoms with Crippen molar-refractivity contribution in [1.29, 1.82) is 0 Å². The third kappa shape index (κ3) is 3.82. The molecule has 0 aliphatic heterocycles. The highest BCUT2D eigenvalue weighted by Crippen LogP contribution is 2.07. The highest BCUT2D eigenvalue weighted by atomic mass is 16.4. The average molecular weight is 237 g/mol. The van der Waals surface area contributed by atoms with Crippen molar-refractivity contribution in [3.05, 3.63) is 23.0 Å². The van der Waals surface area contributed by atoms with E-state index in [1.165, 1.54) is 0 Å². The minimum atomic E-state index is -0.940. The smallest absolute Gasteiger partial charge is 0.305 e. The topological polar surface area (TPSA) is 92.2 Å². The van der Waals surface area contributed by atoms with Crippen LogP contribution in [0.5, 0.6) is 0 Å². The summed E-state index contributed by atoms with van der Waals surface area (Å²) in [6.45, 7) is 3.74. The van der Waals surface area contributed by atoms with Crippen molar-refractivity contribution in [2.75, 3.05) is 6.54 Å². The third-order valence-corrected chi connectivity index (χ3v) is 2.20. The van der Waals surface area contributed by atoms with Crippen molar-refractivity contribution >= 4 is 11.9 Å². The number of carboxylic acids is 1. The van der Waals surface area contributed by atoms with Crippen molar-refractivity contribution < 1.29 is 14.7 Å². The lowest BCUT2D eigenvalue weighted by Crippen LogP contribution is -2.27. The van der Waals surface area contributed by atoms with Crippen LogP contribution in [0.2, 0.25) is 0 Å². The second-order valence-corrected chi connectivity index (χ2v) is 3.60.